The fraction of sp³-hybridized carbons (Fsp3) is 0.250. The number of benzene rings is 1. The molecule has 0 amide bonds. The van der Waals surface area contributed by atoms with Crippen LogP contribution in [0.2, 0.25) is 0 Å². The molecule has 0 fully saturated rings. The van der Waals surface area contributed by atoms with Crippen LogP contribution >= 0.6 is 0 Å². The Morgan fingerprint density at radius 2 is 1.36 bits per heavy atom. The minimum absolute atomic E-state index is 0.271. The summed E-state index contributed by atoms with van der Waals surface area (Å²) in [7, 11) is -3.17. The van der Waals surface area contributed by atoms with Crippen molar-refractivity contribution in [3.05, 3.63) is 23.8 Å². The molecule has 4 nitrogen and oxygen atoms in total. The van der Waals surface area contributed by atoms with Gasteiger partial charge in [-0.2, -0.15) is 0 Å². The van der Waals surface area contributed by atoms with Crippen LogP contribution in [0.25, 0.3) is 0 Å². The number of rotatable bonds is 3. The van der Waals surface area contributed by atoms with Crippen molar-refractivity contribution < 1.29 is 20.1 Å². The van der Waals surface area contributed by atoms with E-state index in [9.17, 15) is 0 Å². The van der Waals surface area contributed by atoms with Crippen molar-refractivity contribution >= 4 is 25.2 Å². The molecule has 0 aromatic heterocycles. The summed E-state index contributed by atoms with van der Waals surface area (Å²) in [6.07, 6.45) is 0.695. The highest BCUT2D eigenvalue weighted by molar-refractivity contribution is 6.62. The van der Waals surface area contributed by atoms with Crippen molar-refractivity contribution in [2.24, 2.45) is 0 Å². The monoisotopic (exact) mass is 194 g/mol. The maximum atomic E-state index is 8.94. The SMILES string of the molecule is CCc1cc(B(O)O)cc(B(O)O)c1. The third-order valence-corrected chi connectivity index (χ3v) is 2.04. The van der Waals surface area contributed by atoms with E-state index >= 15 is 0 Å². The van der Waals surface area contributed by atoms with Gasteiger partial charge in [0.05, 0.1) is 0 Å². The van der Waals surface area contributed by atoms with E-state index in [1.165, 1.54) is 6.07 Å². The van der Waals surface area contributed by atoms with Crippen LogP contribution in [0.4, 0.5) is 0 Å². The van der Waals surface area contributed by atoms with Crippen molar-refractivity contribution in [2.75, 3.05) is 0 Å². The molecule has 4 N–H and O–H groups in total. The minimum Gasteiger partial charge on any atom is -0.423 e. The fourth-order valence-corrected chi connectivity index (χ4v) is 1.25. The summed E-state index contributed by atoms with van der Waals surface area (Å²) in [5, 5.41) is 35.8. The first-order valence-corrected chi connectivity index (χ1v) is 4.40. The molecule has 74 valence electrons. The van der Waals surface area contributed by atoms with Crippen LogP contribution < -0.4 is 10.9 Å². The topological polar surface area (TPSA) is 80.9 Å². The molecule has 1 aromatic carbocycles. The van der Waals surface area contributed by atoms with Gasteiger partial charge in [0, 0.05) is 0 Å². The molecule has 0 saturated carbocycles. The lowest BCUT2D eigenvalue weighted by molar-refractivity contribution is 0.425. The van der Waals surface area contributed by atoms with E-state index in [1.54, 1.807) is 12.1 Å². The maximum Gasteiger partial charge on any atom is 0.488 e. The second kappa shape index (κ2) is 4.61. The van der Waals surface area contributed by atoms with E-state index in [4.69, 9.17) is 20.1 Å². The highest BCUT2D eigenvalue weighted by Crippen LogP contribution is 1.96. The number of aryl methyl sites for hydroxylation is 1. The van der Waals surface area contributed by atoms with Crippen LogP contribution in [0.15, 0.2) is 18.2 Å². The van der Waals surface area contributed by atoms with Gasteiger partial charge in [-0.3, -0.25) is 0 Å². The molecular weight excluding hydrogens is 182 g/mol. The molecular formula is C8H12B2O4. The fourth-order valence-electron chi connectivity index (χ4n) is 1.25. The Labute approximate surface area is 83.1 Å². The summed E-state index contributed by atoms with van der Waals surface area (Å²) >= 11 is 0. The summed E-state index contributed by atoms with van der Waals surface area (Å²) in [5.41, 5.74) is 1.37. The number of hydrogen-bond acceptors (Lipinski definition) is 4. The van der Waals surface area contributed by atoms with Gasteiger partial charge in [0.15, 0.2) is 0 Å². The van der Waals surface area contributed by atoms with Gasteiger partial charge in [0.1, 0.15) is 0 Å². The largest absolute Gasteiger partial charge is 0.488 e. The van der Waals surface area contributed by atoms with Crippen LogP contribution in [-0.2, 0) is 6.42 Å². The molecule has 14 heavy (non-hydrogen) atoms. The Morgan fingerprint density at radius 1 is 0.929 bits per heavy atom. The van der Waals surface area contributed by atoms with Gasteiger partial charge in [-0.25, -0.2) is 0 Å². The summed E-state index contributed by atoms with van der Waals surface area (Å²) in [6.45, 7) is 1.90. The Kier molecular flexibility index (Phi) is 3.71. The molecule has 0 atom stereocenters. The van der Waals surface area contributed by atoms with E-state index in [1.807, 2.05) is 6.92 Å². The van der Waals surface area contributed by atoms with Crippen LogP contribution in [0.5, 0.6) is 0 Å². The van der Waals surface area contributed by atoms with Crippen LogP contribution in [-0.4, -0.2) is 34.3 Å². The van der Waals surface area contributed by atoms with E-state index in [-0.39, 0.29) is 10.9 Å². The molecule has 0 saturated heterocycles. The van der Waals surface area contributed by atoms with Crippen LogP contribution in [0.1, 0.15) is 12.5 Å². The van der Waals surface area contributed by atoms with Crippen LogP contribution in [0.3, 0.4) is 0 Å². The second-order valence-corrected chi connectivity index (χ2v) is 3.11. The zero-order valence-corrected chi connectivity index (χ0v) is 7.88. The third-order valence-electron chi connectivity index (χ3n) is 2.04. The van der Waals surface area contributed by atoms with Crippen molar-refractivity contribution in [3.8, 4) is 0 Å². The molecule has 6 heteroatoms. The summed E-state index contributed by atoms with van der Waals surface area (Å²) < 4.78 is 0. The Balaban J connectivity index is 3.13. The highest BCUT2D eigenvalue weighted by atomic mass is 16.4. The van der Waals surface area contributed by atoms with Gasteiger partial charge in [0.2, 0.25) is 0 Å². The third kappa shape index (κ3) is 2.59. The summed E-state index contributed by atoms with van der Waals surface area (Å²) in [6, 6.07) is 4.60. The zero-order chi connectivity index (χ0) is 10.7. The zero-order valence-electron chi connectivity index (χ0n) is 7.88. The molecule has 0 aliphatic rings. The quantitative estimate of drug-likeness (QED) is 0.404. The van der Waals surface area contributed by atoms with E-state index in [0.29, 0.717) is 6.42 Å². The highest BCUT2D eigenvalue weighted by Gasteiger charge is 2.17. The molecule has 0 radical (unpaired) electrons. The smallest absolute Gasteiger partial charge is 0.423 e. The molecule has 0 bridgehead atoms. The minimum atomic E-state index is -1.58. The van der Waals surface area contributed by atoms with Crippen molar-refractivity contribution in [3.63, 3.8) is 0 Å². The average Bonchev–Trinajstić information content (AvgIpc) is 2.16. The number of hydrogen-bond donors (Lipinski definition) is 4. The molecule has 1 aromatic rings. The van der Waals surface area contributed by atoms with Gasteiger partial charge >= 0.3 is 14.2 Å². The Hall–Kier alpha value is -0.810. The van der Waals surface area contributed by atoms with Gasteiger partial charge in [0.25, 0.3) is 0 Å². The molecule has 0 aliphatic heterocycles. The van der Waals surface area contributed by atoms with Gasteiger partial charge in [-0.15, -0.1) is 0 Å². The van der Waals surface area contributed by atoms with E-state index < -0.39 is 14.2 Å². The first kappa shape index (κ1) is 11.3. The van der Waals surface area contributed by atoms with Gasteiger partial charge in [-0.1, -0.05) is 25.1 Å². The van der Waals surface area contributed by atoms with Crippen LogP contribution in [0, 0.1) is 0 Å². The first-order chi connectivity index (χ1) is 6.54. The lowest BCUT2D eigenvalue weighted by Gasteiger charge is -2.07. The average molecular weight is 194 g/mol. The lowest BCUT2D eigenvalue weighted by atomic mass is 9.72. The van der Waals surface area contributed by atoms with Gasteiger partial charge < -0.3 is 20.1 Å². The Bertz CT molecular complexity index is 288. The summed E-state index contributed by atoms with van der Waals surface area (Å²) in [5.74, 6) is 0. The lowest BCUT2D eigenvalue weighted by Crippen LogP contribution is -2.38. The summed E-state index contributed by atoms with van der Waals surface area (Å²) in [4.78, 5) is 0. The standard InChI is InChI=1S/C8H12B2O4/c1-2-6-3-7(9(11)12)5-8(4-6)10(13)14/h3-5,11-14H,2H2,1H3. The normalized spacial score (nSPS) is 10.1. The van der Waals surface area contributed by atoms with Crippen molar-refractivity contribution in [2.45, 2.75) is 13.3 Å². The van der Waals surface area contributed by atoms with E-state index in [2.05, 4.69) is 0 Å². The maximum absolute atomic E-state index is 8.94. The predicted molar refractivity (Wildman–Crippen MR) is 55.5 cm³/mol. The van der Waals surface area contributed by atoms with Crippen molar-refractivity contribution in [1.29, 1.82) is 0 Å². The molecule has 1 rings (SSSR count). The molecule has 0 heterocycles. The van der Waals surface area contributed by atoms with E-state index in [0.717, 1.165) is 5.56 Å². The molecule has 0 unspecified atom stereocenters. The predicted octanol–water partition coefficient (Wildman–Crippen LogP) is -2.39. The van der Waals surface area contributed by atoms with Gasteiger partial charge in [-0.05, 0) is 22.9 Å². The first-order valence-electron chi connectivity index (χ1n) is 4.40. The Morgan fingerprint density at radius 3 is 1.64 bits per heavy atom. The van der Waals surface area contributed by atoms with Crippen molar-refractivity contribution in [1.82, 2.24) is 0 Å². The molecule has 0 aliphatic carbocycles. The second-order valence-electron chi connectivity index (χ2n) is 3.11. The molecule has 0 spiro atoms.